The Morgan fingerprint density at radius 3 is 2.71 bits per heavy atom. The number of anilines is 1. The molecular weight excluding hydrogens is 396 g/mol. The normalized spacial score (nSPS) is 12.0. The van der Waals surface area contributed by atoms with Gasteiger partial charge in [0, 0.05) is 7.05 Å². The maximum atomic E-state index is 12.3. The summed E-state index contributed by atoms with van der Waals surface area (Å²) in [5, 5.41) is 20.5. The van der Waals surface area contributed by atoms with Gasteiger partial charge in [0.25, 0.3) is 0 Å². The van der Waals surface area contributed by atoms with Gasteiger partial charge in [-0.2, -0.15) is 0 Å². The number of carbonyl (C=O) groups is 1. The Morgan fingerprint density at radius 2 is 2.04 bits per heavy atom. The maximum absolute atomic E-state index is 12.3. The molecule has 3 aromatic rings. The average molecular weight is 419 g/mol. The van der Waals surface area contributed by atoms with Crippen LogP contribution in [-0.2, 0) is 18.4 Å². The van der Waals surface area contributed by atoms with E-state index < -0.39 is 0 Å². The van der Waals surface area contributed by atoms with E-state index in [2.05, 4.69) is 31.8 Å². The van der Waals surface area contributed by atoms with E-state index in [-0.39, 0.29) is 11.2 Å². The summed E-state index contributed by atoms with van der Waals surface area (Å²) in [4.78, 5) is 12.3. The lowest BCUT2D eigenvalue weighted by Crippen LogP contribution is -2.22. The molecule has 2 aromatic heterocycles. The van der Waals surface area contributed by atoms with E-state index in [1.54, 1.807) is 0 Å². The molecule has 0 saturated heterocycles. The highest BCUT2D eigenvalue weighted by atomic mass is 32.2. The topological polar surface area (TPSA) is 94.8 Å². The maximum Gasteiger partial charge on any atom is 0.239 e. The van der Waals surface area contributed by atoms with E-state index in [0.29, 0.717) is 22.7 Å². The summed E-state index contributed by atoms with van der Waals surface area (Å²) in [5.74, 6) is 1.36. The molecule has 10 heteroatoms. The van der Waals surface area contributed by atoms with Gasteiger partial charge in [0.1, 0.15) is 17.4 Å². The number of hydrogen-bond acceptors (Lipinski definition) is 8. The first-order valence-electron chi connectivity index (χ1n) is 8.69. The quantitative estimate of drug-likeness (QED) is 0.588. The van der Waals surface area contributed by atoms with Gasteiger partial charge in [-0.3, -0.25) is 10.1 Å². The van der Waals surface area contributed by atoms with E-state index in [0.717, 1.165) is 16.3 Å². The lowest BCUT2D eigenvalue weighted by molar-refractivity contribution is -0.115. The number of benzene rings is 1. The molecular formula is C18H22N6O2S2. The van der Waals surface area contributed by atoms with Crippen LogP contribution in [0.3, 0.4) is 0 Å². The Bertz CT molecular complexity index is 984. The van der Waals surface area contributed by atoms with E-state index >= 15 is 0 Å². The zero-order valence-corrected chi connectivity index (χ0v) is 18.0. The van der Waals surface area contributed by atoms with Crippen molar-refractivity contribution in [3.63, 3.8) is 0 Å². The molecule has 8 nitrogen and oxygen atoms in total. The van der Waals surface area contributed by atoms with Gasteiger partial charge in [-0.25, -0.2) is 0 Å². The van der Waals surface area contributed by atoms with Crippen molar-refractivity contribution >= 4 is 34.1 Å². The van der Waals surface area contributed by atoms with E-state index in [1.165, 1.54) is 28.7 Å². The van der Waals surface area contributed by atoms with Gasteiger partial charge in [0.2, 0.25) is 11.0 Å². The molecule has 28 heavy (non-hydrogen) atoms. The van der Waals surface area contributed by atoms with Gasteiger partial charge >= 0.3 is 0 Å². The SMILES string of the molecule is Cc1ccc(OCc2nnc(S[C@@H](C)C(=O)Nc3nnc(C)s3)n2C)c(C)c1. The Kier molecular flexibility index (Phi) is 6.30. The molecule has 2 heterocycles. The van der Waals surface area contributed by atoms with Gasteiger partial charge < -0.3 is 9.30 Å². The lowest BCUT2D eigenvalue weighted by Gasteiger charge is -2.11. The van der Waals surface area contributed by atoms with Crippen LogP contribution in [0.4, 0.5) is 5.13 Å². The molecule has 148 valence electrons. The van der Waals surface area contributed by atoms with Crippen molar-refractivity contribution in [3.8, 4) is 5.75 Å². The monoisotopic (exact) mass is 418 g/mol. The van der Waals surface area contributed by atoms with Crippen LogP contribution in [0.2, 0.25) is 0 Å². The number of aryl methyl sites for hydroxylation is 3. The zero-order valence-electron chi connectivity index (χ0n) is 16.4. The van der Waals surface area contributed by atoms with Crippen molar-refractivity contribution < 1.29 is 9.53 Å². The predicted octanol–water partition coefficient (Wildman–Crippen LogP) is 3.29. The second-order valence-electron chi connectivity index (χ2n) is 6.39. The fraction of sp³-hybridized carbons (Fsp3) is 0.389. The fourth-order valence-electron chi connectivity index (χ4n) is 2.44. The number of thioether (sulfide) groups is 1. The molecule has 0 fully saturated rings. The predicted molar refractivity (Wildman–Crippen MR) is 110 cm³/mol. The van der Waals surface area contributed by atoms with Crippen molar-refractivity contribution in [3.05, 3.63) is 40.2 Å². The number of hydrogen-bond donors (Lipinski definition) is 1. The minimum atomic E-state index is -0.361. The van der Waals surface area contributed by atoms with Crippen LogP contribution in [0.25, 0.3) is 0 Å². The van der Waals surface area contributed by atoms with Gasteiger partial charge in [0.05, 0.1) is 5.25 Å². The van der Waals surface area contributed by atoms with Crippen LogP contribution in [0.5, 0.6) is 5.75 Å². The minimum absolute atomic E-state index is 0.155. The smallest absolute Gasteiger partial charge is 0.239 e. The third-order valence-electron chi connectivity index (χ3n) is 4.02. The Balaban J connectivity index is 1.59. The van der Waals surface area contributed by atoms with Crippen LogP contribution in [0, 0.1) is 20.8 Å². The highest BCUT2D eigenvalue weighted by Gasteiger charge is 2.20. The highest BCUT2D eigenvalue weighted by Crippen LogP contribution is 2.24. The molecule has 1 amide bonds. The molecule has 0 aliphatic heterocycles. The average Bonchev–Trinajstić information content (AvgIpc) is 3.20. The van der Waals surface area contributed by atoms with Crippen LogP contribution in [0.15, 0.2) is 23.4 Å². The van der Waals surface area contributed by atoms with Crippen molar-refractivity contribution in [2.45, 2.75) is 44.7 Å². The standard InChI is InChI=1S/C18H22N6O2S2/c1-10-6-7-14(11(2)8-10)26-9-15-21-23-18(24(15)5)27-12(3)16(25)19-17-22-20-13(4)28-17/h6-8,12H,9H2,1-5H3,(H,19,22,25)/t12-/m0/s1. The molecule has 0 saturated carbocycles. The fourth-order valence-corrected chi connectivity index (χ4v) is 3.87. The third-order valence-corrected chi connectivity index (χ3v) is 5.91. The summed E-state index contributed by atoms with van der Waals surface area (Å²) >= 11 is 2.67. The Morgan fingerprint density at radius 1 is 1.25 bits per heavy atom. The highest BCUT2D eigenvalue weighted by molar-refractivity contribution is 8.00. The van der Waals surface area contributed by atoms with Crippen LogP contribution in [-0.4, -0.2) is 36.1 Å². The number of aromatic nitrogens is 5. The molecule has 0 bridgehead atoms. The van der Waals surface area contributed by atoms with Gasteiger partial charge in [-0.1, -0.05) is 40.8 Å². The summed E-state index contributed by atoms with van der Waals surface area (Å²) in [6.07, 6.45) is 0. The van der Waals surface area contributed by atoms with Crippen molar-refractivity contribution in [2.24, 2.45) is 7.05 Å². The van der Waals surface area contributed by atoms with Crippen molar-refractivity contribution in [2.75, 3.05) is 5.32 Å². The number of nitrogens with one attached hydrogen (secondary N) is 1. The van der Waals surface area contributed by atoms with E-state index in [9.17, 15) is 4.79 Å². The number of rotatable bonds is 7. The molecule has 3 rings (SSSR count). The third kappa shape index (κ3) is 4.87. The summed E-state index contributed by atoms with van der Waals surface area (Å²) < 4.78 is 7.72. The molecule has 0 aliphatic carbocycles. The number of amides is 1. The molecule has 1 N–H and O–H groups in total. The number of nitrogens with zero attached hydrogens (tertiary/aromatic N) is 5. The number of carbonyl (C=O) groups excluding carboxylic acids is 1. The van der Waals surface area contributed by atoms with Gasteiger partial charge in [0.15, 0.2) is 11.0 Å². The Labute approximate surface area is 171 Å². The van der Waals surface area contributed by atoms with Crippen LogP contribution >= 0.6 is 23.1 Å². The van der Waals surface area contributed by atoms with Crippen LogP contribution in [0.1, 0.15) is 28.9 Å². The second-order valence-corrected chi connectivity index (χ2v) is 8.88. The minimum Gasteiger partial charge on any atom is -0.485 e. The summed E-state index contributed by atoms with van der Waals surface area (Å²) in [6, 6.07) is 6.05. The second kappa shape index (κ2) is 8.70. The van der Waals surface area contributed by atoms with Crippen molar-refractivity contribution in [1.82, 2.24) is 25.0 Å². The molecule has 0 unspecified atom stereocenters. The largest absolute Gasteiger partial charge is 0.485 e. The zero-order chi connectivity index (χ0) is 20.3. The number of ether oxygens (including phenoxy) is 1. The molecule has 0 spiro atoms. The van der Waals surface area contributed by atoms with E-state index in [4.69, 9.17) is 4.74 Å². The van der Waals surface area contributed by atoms with Crippen LogP contribution < -0.4 is 10.1 Å². The summed E-state index contributed by atoms with van der Waals surface area (Å²) in [7, 11) is 1.86. The van der Waals surface area contributed by atoms with Gasteiger partial charge in [-0.15, -0.1) is 20.4 Å². The Hall–Kier alpha value is -2.46. The first kappa shape index (κ1) is 20.3. The summed E-state index contributed by atoms with van der Waals surface area (Å²) in [5.41, 5.74) is 2.27. The lowest BCUT2D eigenvalue weighted by atomic mass is 10.1. The molecule has 0 aliphatic rings. The van der Waals surface area contributed by atoms with Crippen molar-refractivity contribution in [1.29, 1.82) is 0 Å². The van der Waals surface area contributed by atoms with E-state index in [1.807, 2.05) is 51.4 Å². The summed E-state index contributed by atoms with van der Waals surface area (Å²) in [6.45, 7) is 8.02. The molecule has 1 aromatic carbocycles. The van der Waals surface area contributed by atoms with Gasteiger partial charge in [-0.05, 0) is 39.3 Å². The first-order chi connectivity index (χ1) is 13.3. The molecule has 0 radical (unpaired) electrons. The first-order valence-corrected chi connectivity index (χ1v) is 10.4. The molecule has 1 atom stereocenters.